The average Bonchev–Trinajstić information content (AvgIpc) is 2.30. The van der Waals surface area contributed by atoms with Crippen LogP contribution in [0.5, 0.6) is 0 Å². The Labute approximate surface area is 131 Å². The predicted molar refractivity (Wildman–Crippen MR) is 85.3 cm³/mol. The van der Waals surface area contributed by atoms with Gasteiger partial charge in [0.2, 0.25) is 0 Å². The van der Waals surface area contributed by atoms with E-state index in [2.05, 4.69) is 51.0 Å². The Morgan fingerprint density at radius 1 is 1.16 bits per heavy atom. The molecule has 1 aromatic carbocycles. The van der Waals surface area contributed by atoms with Crippen molar-refractivity contribution in [1.29, 1.82) is 0 Å². The highest BCUT2D eigenvalue weighted by atomic mass is 79.9. The summed E-state index contributed by atoms with van der Waals surface area (Å²) in [5.74, 6) is 1.40. The number of hydrogen-bond acceptors (Lipinski definition) is 1. The lowest BCUT2D eigenvalue weighted by Gasteiger charge is -2.32. The van der Waals surface area contributed by atoms with Crippen LogP contribution < -0.4 is 5.32 Å². The first-order chi connectivity index (χ1) is 8.95. The van der Waals surface area contributed by atoms with Gasteiger partial charge in [0, 0.05) is 15.0 Å². The second-order valence-corrected chi connectivity index (χ2v) is 7.48. The van der Waals surface area contributed by atoms with Gasteiger partial charge < -0.3 is 5.32 Å². The number of rotatable bonds is 2. The van der Waals surface area contributed by atoms with Crippen molar-refractivity contribution in [3.05, 3.63) is 32.7 Å². The molecule has 1 fully saturated rings. The fourth-order valence-electron chi connectivity index (χ4n) is 3.00. The van der Waals surface area contributed by atoms with Gasteiger partial charge in [-0.3, -0.25) is 4.79 Å². The van der Waals surface area contributed by atoms with Crippen LogP contribution in [0.25, 0.3) is 0 Å². The molecule has 2 nitrogen and oxygen atoms in total. The van der Waals surface area contributed by atoms with Gasteiger partial charge in [-0.05, 0) is 65.2 Å². The van der Waals surface area contributed by atoms with Gasteiger partial charge in [-0.15, -0.1) is 0 Å². The van der Waals surface area contributed by atoms with Gasteiger partial charge in [0.15, 0.2) is 0 Å². The highest BCUT2D eigenvalue weighted by molar-refractivity contribution is 9.11. The van der Waals surface area contributed by atoms with E-state index in [9.17, 15) is 4.79 Å². The number of amides is 1. The van der Waals surface area contributed by atoms with Crippen molar-refractivity contribution in [3.63, 3.8) is 0 Å². The van der Waals surface area contributed by atoms with E-state index < -0.39 is 0 Å². The molecule has 0 aliphatic heterocycles. The first kappa shape index (κ1) is 15.0. The third-order valence-corrected chi connectivity index (χ3v) is 4.87. The quantitative estimate of drug-likeness (QED) is 0.776. The molecule has 4 heteroatoms. The second-order valence-electron chi connectivity index (χ2n) is 5.71. The van der Waals surface area contributed by atoms with Crippen molar-refractivity contribution >= 4 is 37.8 Å². The van der Waals surface area contributed by atoms with Crippen molar-refractivity contribution in [1.82, 2.24) is 5.32 Å². The molecule has 2 rings (SSSR count). The normalized spacial score (nSPS) is 27.1. The number of carbonyl (C=O) groups is 1. The summed E-state index contributed by atoms with van der Waals surface area (Å²) in [7, 11) is 0. The van der Waals surface area contributed by atoms with Crippen LogP contribution in [0.4, 0.5) is 0 Å². The smallest absolute Gasteiger partial charge is 0.252 e. The molecule has 19 heavy (non-hydrogen) atoms. The number of benzene rings is 1. The lowest BCUT2D eigenvalue weighted by molar-refractivity contribution is 0.0910. The van der Waals surface area contributed by atoms with Crippen molar-refractivity contribution in [2.24, 2.45) is 11.8 Å². The van der Waals surface area contributed by atoms with Gasteiger partial charge in [-0.1, -0.05) is 29.8 Å². The van der Waals surface area contributed by atoms with Crippen LogP contribution in [-0.2, 0) is 0 Å². The Kier molecular flexibility index (Phi) is 5.07. The minimum Gasteiger partial charge on any atom is -0.349 e. The molecule has 1 aliphatic carbocycles. The fraction of sp³-hybridized carbons (Fsp3) is 0.533. The third kappa shape index (κ3) is 4.06. The number of nitrogens with one attached hydrogen (secondary N) is 1. The largest absolute Gasteiger partial charge is 0.349 e. The maximum Gasteiger partial charge on any atom is 0.252 e. The molecule has 1 saturated carbocycles. The van der Waals surface area contributed by atoms with Crippen LogP contribution in [-0.4, -0.2) is 11.9 Å². The van der Waals surface area contributed by atoms with Gasteiger partial charge in [0.25, 0.3) is 5.91 Å². The molecule has 0 bridgehead atoms. The lowest BCUT2D eigenvalue weighted by Crippen LogP contribution is -2.40. The lowest BCUT2D eigenvalue weighted by atomic mass is 9.80. The SMILES string of the molecule is CC1CC(C)CC(NC(=O)c2cc(Br)ccc2Br)C1. The van der Waals surface area contributed by atoms with E-state index in [1.165, 1.54) is 6.42 Å². The topological polar surface area (TPSA) is 29.1 Å². The molecule has 0 heterocycles. The Morgan fingerprint density at radius 3 is 2.42 bits per heavy atom. The molecule has 1 aliphatic rings. The fourth-order valence-corrected chi connectivity index (χ4v) is 3.79. The van der Waals surface area contributed by atoms with Crippen molar-refractivity contribution in [2.75, 3.05) is 0 Å². The first-order valence-electron chi connectivity index (χ1n) is 6.71. The number of halogens is 2. The Hall–Kier alpha value is -0.350. The molecule has 1 N–H and O–H groups in total. The molecule has 1 amide bonds. The monoisotopic (exact) mass is 387 g/mol. The highest BCUT2D eigenvalue weighted by Crippen LogP contribution is 2.29. The van der Waals surface area contributed by atoms with Gasteiger partial charge in [-0.2, -0.15) is 0 Å². The first-order valence-corrected chi connectivity index (χ1v) is 8.30. The van der Waals surface area contributed by atoms with Gasteiger partial charge in [0.1, 0.15) is 0 Å². The van der Waals surface area contributed by atoms with E-state index in [1.54, 1.807) is 0 Å². The summed E-state index contributed by atoms with van der Waals surface area (Å²) >= 11 is 6.85. The standard InChI is InChI=1S/C15H19Br2NO/c1-9-5-10(2)7-12(6-9)18-15(19)13-8-11(16)3-4-14(13)17/h3-4,8-10,12H,5-7H2,1-2H3,(H,18,19). The molecule has 1 aromatic rings. The van der Waals surface area contributed by atoms with Gasteiger partial charge in [0.05, 0.1) is 5.56 Å². The van der Waals surface area contributed by atoms with E-state index in [0.29, 0.717) is 23.4 Å². The zero-order valence-corrected chi connectivity index (χ0v) is 14.4. The molecule has 0 spiro atoms. The van der Waals surface area contributed by atoms with Crippen LogP contribution >= 0.6 is 31.9 Å². The number of hydrogen-bond donors (Lipinski definition) is 1. The molecule has 2 unspecified atom stereocenters. The minimum absolute atomic E-state index is 0.0134. The maximum atomic E-state index is 12.3. The summed E-state index contributed by atoms with van der Waals surface area (Å²) in [6.45, 7) is 4.54. The summed E-state index contributed by atoms with van der Waals surface area (Å²) in [6.07, 6.45) is 3.44. The highest BCUT2D eigenvalue weighted by Gasteiger charge is 2.25. The molecular formula is C15H19Br2NO. The molecular weight excluding hydrogens is 370 g/mol. The summed E-state index contributed by atoms with van der Waals surface area (Å²) in [5, 5.41) is 3.17. The molecule has 0 aromatic heterocycles. The Morgan fingerprint density at radius 2 is 1.79 bits per heavy atom. The van der Waals surface area contributed by atoms with Gasteiger partial charge >= 0.3 is 0 Å². The van der Waals surface area contributed by atoms with E-state index in [0.717, 1.165) is 21.8 Å². The predicted octanol–water partition coefficient (Wildman–Crippen LogP) is 4.77. The van der Waals surface area contributed by atoms with Crippen LogP contribution in [0.2, 0.25) is 0 Å². The van der Waals surface area contributed by atoms with E-state index in [-0.39, 0.29) is 5.91 Å². The summed E-state index contributed by atoms with van der Waals surface area (Å²) in [5.41, 5.74) is 0.695. The summed E-state index contributed by atoms with van der Waals surface area (Å²) in [4.78, 5) is 12.3. The van der Waals surface area contributed by atoms with Crippen LogP contribution in [0.1, 0.15) is 43.5 Å². The van der Waals surface area contributed by atoms with Crippen molar-refractivity contribution in [3.8, 4) is 0 Å². The maximum absolute atomic E-state index is 12.3. The van der Waals surface area contributed by atoms with Crippen molar-refractivity contribution in [2.45, 2.75) is 39.2 Å². The zero-order valence-electron chi connectivity index (χ0n) is 11.2. The van der Waals surface area contributed by atoms with Crippen molar-refractivity contribution < 1.29 is 4.79 Å². The summed E-state index contributed by atoms with van der Waals surface area (Å²) < 4.78 is 1.76. The second kappa shape index (κ2) is 6.40. The molecule has 2 atom stereocenters. The van der Waals surface area contributed by atoms with Crippen LogP contribution in [0, 0.1) is 11.8 Å². The molecule has 0 saturated heterocycles. The number of carbonyl (C=O) groups excluding carboxylic acids is 1. The Bertz CT molecular complexity index is 465. The van der Waals surface area contributed by atoms with Crippen LogP contribution in [0.15, 0.2) is 27.1 Å². The zero-order chi connectivity index (χ0) is 14.0. The van der Waals surface area contributed by atoms with Gasteiger partial charge in [-0.25, -0.2) is 0 Å². The van der Waals surface area contributed by atoms with Crippen LogP contribution in [0.3, 0.4) is 0 Å². The molecule has 0 radical (unpaired) electrons. The van der Waals surface area contributed by atoms with E-state index >= 15 is 0 Å². The van der Waals surface area contributed by atoms with E-state index in [1.807, 2.05) is 18.2 Å². The molecule has 104 valence electrons. The third-order valence-electron chi connectivity index (χ3n) is 3.69. The minimum atomic E-state index is 0.0134. The average molecular weight is 389 g/mol. The Balaban J connectivity index is 2.06. The van der Waals surface area contributed by atoms with E-state index in [4.69, 9.17) is 0 Å². The summed E-state index contributed by atoms with van der Waals surface area (Å²) in [6, 6.07) is 5.98.